The van der Waals surface area contributed by atoms with E-state index in [1.54, 1.807) is 12.3 Å². The fourth-order valence-corrected chi connectivity index (χ4v) is 2.16. The van der Waals surface area contributed by atoms with Crippen molar-refractivity contribution in [2.24, 2.45) is 0 Å². The molecule has 0 fully saturated rings. The molecule has 2 aromatic rings. The second-order valence-corrected chi connectivity index (χ2v) is 5.17. The smallest absolute Gasteiger partial charge is 0.284 e. The summed E-state index contributed by atoms with van der Waals surface area (Å²) >= 11 is 0.568. The molecule has 0 aliphatic rings. The number of hydrogen-bond acceptors (Lipinski definition) is 4. The number of pyridine rings is 1. The third-order valence-electron chi connectivity index (χ3n) is 2.65. The summed E-state index contributed by atoms with van der Waals surface area (Å²) in [7, 11) is 0. The van der Waals surface area contributed by atoms with Gasteiger partial charge in [-0.1, -0.05) is 17.8 Å². The Morgan fingerprint density at radius 3 is 2.80 bits per heavy atom. The van der Waals surface area contributed by atoms with E-state index < -0.39 is 5.76 Å². The molecule has 0 aromatic carbocycles. The van der Waals surface area contributed by atoms with Crippen molar-refractivity contribution in [2.45, 2.75) is 24.5 Å². The highest BCUT2D eigenvalue weighted by Crippen LogP contribution is 2.21. The zero-order valence-corrected chi connectivity index (χ0v) is 11.7. The average Bonchev–Trinajstić information content (AvgIpc) is 2.90. The number of rotatable bonds is 8. The largest absolute Gasteiger partial charge is 0.464 e. The maximum absolute atomic E-state index is 12.0. The summed E-state index contributed by atoms with van der Waals surface area (Å²) in [5, 5.41) is 3.24. The van der Waals surface area contributed by atoms with Gasteiger partial charge >= 0.3 is 0 Å². The van der Waals surface area contributed by atoms with Crippen molar-refractivity contribution in [1.29, 1.82) is 0 Å². The van der Waals surface area contributed by atoms with Gasteiger partial charge in [0.15, 0.2) is 0 Å². The van der Waals surface area contributed by atoms with E-state index in [9.17, 15) is 8.78 Å². The highest BCUT2D eigenvalue weighted by Gasteiger charge is 2.07. The molecule has 0 bridgehead atoms. The van der Waals surface area contributed by atoms with Crippen LogP contribution in [-0.4, -0.2) is 17.3 Å². The van der Waals surface area contributed by atoms with E-state index in [2.05, 4.69) is 10.3 Å². The van der Waals surface area contributed by atoms with Crippen molar-refractivity contribution in [3.8, 4) is 0 Å². The Hall–Kier alpha value is -1.40. The quantitative estimate of drug-likeness (QED) is 0.757. The molecule has 0 amide bonds. The SMILES string of the molecule is FC(F)SCc1ccc(CNCCc2ccccn2)o1. The summed E-state index contributed by atoms with van der Waals surface area (Å²) in [4.78, 5) is 4.23. The third-order valence-corrected chi connectivity index (χ3v) is 3.36. The maximum Gasteiger partial charge on any atom is 0.284 e. The van der Waals surface area contributed by atoms with E-state index in [0.29, 0.717) is 24.1 Å². The molecule has 0 aliphatic carbocycles. The number of nitrogens with zero attached hydrogens (tertiary/aromatic N) is 1. The van der Waals surface area contributed by atoms with Gasteiger partial charge in [-0.2, -0.15) is 8.78 Å². The fourth-order valence-electron chi connectivity index (χ4n) is 1.71. The highest BCUT2D eigenvalue weighted by molar-refractivity contribution is 7.98. The molecule has 108 valence electrons. The van der Waals surface area contributed by atoms with Crippen molar-refractivity contribution >= 4 is 11.8 Å². The van der Waals surface area contributed by atoms with Gasteiger partial charge in [0.05, 0.1) is 12.3 Å². The van der Waals surface area contributed by atoms with Gasteiger partial charge in [-0.15, -0.1) is 0 Å². The number of thioether (sulfide) groups is 1. The first-order chi connectivity index (χ1) is 9.74. The van der Waals surface area contributed by atoms with Crippen LogP contribution in [0.3, 0.4) is 0 Å². The number of hydrogen-bond donors (Lipinski definition) is 1. The zero-order chi connectivity index (χ0) is 14.2. The Morgan fingerprint density at radius 2 is 2.05 bits per heavy atom. The van der Waals surface area contributed by atoms with Gasteiger partial charge in [0, 0.05) is 24.9 Å². The molecular formula is C14H16F2N2OS. The van der Waals surface area contributed by atoms with E-state index in [-0.39, 0.29) is 5.75 Å². The third kappa shape index (κ3) is 5.30. The molecule has 0 saturated heterocycles. The van der Waals surface area contributed by atoms with E-state index >= 15 is 0 Å². The Kier molecular flexibility index (Phi) is 6.01. The normalized spacial score (nSPS) is 11.2. The number of aromatic nitrogens is 1. The highest BCUT2D eigenvalue weighted by atomic mass is 32.2. The van der Waals surface area contributed by atoms with E-state index in [1.165, 1.54) is 0 Å². The lowest BCUT2D eigenvalue weighted by molar-refractivity contribution is 0.251. The molecule has 6 heteroatoms. The standard InChI is InChI=1S/C14H16F2N2OS/c15-14(16)20-10-13-5-4-12(19-13)9-17-8-6-11-3-1-2-7-18-11/h1-5,7,14,17H,6,8-10H2. The summed E-state index contributed by atoms with van der Waals surface area (Å²) in [5.74, 6) is -0.821. The minimum atomic E-state index is -2.36. The van der Waals surface area contributed by atoms with Crippen LogP contribution in [0.2, 0.25) is 0 Å². The Labute approximate surface area is 120 Å². The topological polar surface area (TPSA) is 38.1 Å². The molecule has 0 atom stereocenters. The monoisotopic (exact) mass is 298 g/mol. The minimum absolute atomic E-state index is 0.200. The first kappa shape index (κ1) is 15.0. The number of halogens is 2. The van der Waals surface area contributed by atoms with Crippen LogP contribution < -0.4 is 5.32 Å². The summed E-state index contributed by atoms with van der Waals surface area (Å²) in [5.41, 5.74) is 1.04. The fraction of sp³-hybridized carbons (Fsp3) is 0.357. The van der Waals surface area contributed by atoms with E-state index in [1.807, 2.05) is 24.3 Å². The Bertz CT molecular complexity index is 505. The van der Waals surface area contributed by atoms with Crippen molar-refractivity contribution in [2.75, 3.05) is 6.54 Å². The second kappa shape index (κ2) is 8.01. The molecule has 2 rings (SSSR count). The molecule has 0 saturated carbocycles. The molecule has 2 heterocycles. The molecule has 0 aliphatic heterocycles. The van der Waals surface area contributed by atoms with Gasteiger partial charge in [-0.05, 0) is 24.3 Å². The predicted molar refractivity (Wildman–Crippen MR) is 75.7 cm³/mol. The lowest BCUT2D eigenvalue weighted by Gasteiger charge is -2.02. The van der Waals surface area contributed by atoms with Crippen LogP contribution >= 0.6 is 11.8 Å². The molecule has 0 unspecified atom stereocenters. The number of furan rings is 1. The second-order valence-electron chi connectivity index (χ2n) is 4.19. The van der Waals surface area contributed by atoms with Crippen molar-refractivity contribution in [1.82, 2.24) is 10.3 Å². The van der Waals surface area contributed by atoms with E-state index in [0.717, 1.165) is 24.4 Å². The predicted octanol–water partition coefficient (Wildman–Crippen LogP) is 3.46. The first-order valence-electron chi connectivity index (χ1n) is 6.32. The molecule has 2 aromatic heterocycles. The lowest BCUT2D eigenvalue weighted by atomic mass is 10.3. The van der Waals surface area contributed by atoms with Crippen LogP contribution in [0.15, 0.2) is 40.9 Å². The van der Waals surface area contributed by atoms with E-state index in [4.69, 9.17) is 4.42 Å². The minimum Gasteiger partial charge on any atom is -0.464 e. The van der Waals surface area contributed by atoms with Gasteiger partial charge in [-0.25, -0.2) is 0 Å². The van der Waals surface area contributed by atoms with Crippen molar-refractivity contribution in [3.63, 3.8) is 0 Å². The van der Waals surface area contributed by atoms with Crippen LogP contribution in [0.25, 0.3) is 0 Å². The molecular weight excluding hydrogens is 282 g/mol. The Morgan fingerprint density at radius 1 is 1.20 bits per heavy atom. The molecule has 3 nitrogen and oxygen atoms in total. The molecule has 20 heavy (non-hydrogen) atoms. The van der Waals surface area contributed by atoms with Gasteiger partial charge in [0.1, 0.15) is 11.5 Å². The van der Waals surface area contributed by atoms with Crippen LogP contribution in [0, 0.1) is 0 Å². The van der Waals surface area contributed by atoms with Gasteiger partial charge < -0.3 is 9.73 Å². The summed E-state index contributed by atoms with van der Waals surface area (Å²) in [6, 6.07) is 9.38. The Balaban J connectivity index is 1.67. The van der Waals surface area contributed by atoms with Gasteiger partial charge in [0.2, 0.25) is 0 Å². The molecule has 0 spiro atoms. The van der Waals surface area contributed by atoms with Crippen molar-refractivity contribution in [3.05, 3.63) is 53.7 Å². The summed E-state index contributed by atoms with van der Waals surface area (Å²) in [6.07, 6.45) is 2.62. The lowest BCUT2D eigenvalue weighted by Crippen LogP contribution is -2.16. The first-order valence-corrected chi connectivity index (χ1v) is 7.37. The molecule has 0 radical (unpaired) electrons. The zero-order valence-electron chi connectivity index (χ0n) is 10.9. The molecule has 1 N–H and O–H groups in total. The maximum atomic E-state index is 12.0. The summed E-state index contributed by atoms with van der Waals surface area (Å²) < 4.78 is 29.5. The van der Waals surface area contributed by atoms with Crippen molar-refractivity contribution < 1.29 is 13.2 Å². The number of nitrogens with one attached hydrogen (secondary N) is 1. The van der Waals surface area contributed by atoms with Gasteiger partial charge in [-0.3, -0.25) is 4.98 Å². The van der Waals surface area contributed by atoms with Crippen LogP contribution in [0.5, 0.6) is 0 Å². The average molecular weight is 298 g/mol. The van der Waals surface area contributed by atoms with Crippen LogP contribution in [-0.2, 0) is 18.7 Å². The number of alkyl halides is 2. The summed E-state index contributed by atoms with van der Waals surface area (Å²) in [6.45, 7) is 1.38. The van der Waals surface area contributed by atoms with Crippen LogP contribution in [0.1, 0.15) is 17.2 Å². The van der Waals surface area contributed by atoms with Gasteiger partial charge in [0.25, 0.3) is 5.76 Å². The van der Waals surface area contributed by atoms with Crippen LogP contribution in [0.4, 0.5) is 8.78 Å².